The van der Waals surface area contributed by atoms with Crippen molar-refractivity contribution in [2.24, 2.45) is 5.73 Å². The number of amides is 3. The van der Waals surface area contributed by atoms with Gasteiger partial charge in [-0.3, -0.25) is 4.79 Å². The minimum atomic E-state index is -0.598. The lowest BCUT2D eigenvalue weighted by Crippen LogP contribution is -2.38. The quantitative estimate of drug-likeness (QED) is 0.458. The van der Waals surface area contributed by atoms with Crippen LogP contribution < -0.4 is 16.4 Å². The Morgan fingerprint density at radius 3 is 2.46 bits per heavy atom. The van der Waals surface area contributed by atoms with E-state index in [1.54, 1.807) is 0 Å². The highest BCUT2D eigenvalue weighted by atomic mass is 16.5. The zero-order chi connectivity index (χ0) is 10.1. The summed E-state index contributed by atoms with van der Waals surface area (Å²) < 4.78 is 4.85. The normalized spacial score (nSPS) is 9.31. The molecule has 0 atom stereocenters. The molecule has 0 aromatic carbocycles. The first-order chi connectivity index (χ1) is 6.16. The summed E-state index contributed by atoms with van der Waals surface area (Å²) in [6.07, 6.45) is 0. The molecule has 0 spiro atoms. The first kappa shape index (κ1) is 11.7. The van der Waals surface area contributed by atoms with Crippen LogP contribution in [0.3, 0.4) is 0 Å². The Labute approximate surface area is 76.8 Å². The zero-order valence-electron chi connectivity index (χ0n) is 7.63. The summed E-state index contributed by atoms with van der Waals surface area (Å²) >= 11 is 0. The standard InChI is InChI=1S/C7H15N3O3/c1-2-13-5-6(11)9-3-4-10-7(8)12/h2-5H2,1H3,(H,9,11)(H3,8,10,12). The Hall–Kier alpha value is -1.30. The third-order valence-electron chi connectivity index (χ3n) is 1.18. The number of hydrogen-bond donors (Lipinski definition) is 3. The summed E-state index contributed by atoms with van der Waals surface area (Å²) in [5, 5.41) is 4.88. The lowest BCUT2D eigenvalue weighted by molar-refractivity contribution is -0.125. The number of nitrogens with one attached hydrogen (secondary N) is 2. The molecule has 0 saturated carbocycles. The van der Waals surface area contributed by atoms with Crippen LogP contribution in [0.25, 0.3) is 0 Å². The van der Waals surface area contributed by atoms with Crippen molar-refractivity contribution in [2.45, 2.75) is 6.92 Å². The van der Waals surface area contributed by atoms with Gasteiger partial charge in [-0.15, -0.1) is 0 Å². The number of primary amides is 1. The molecule has 0 aliphatic heterocycles. The highest BCUT2D eigenvalue weighted by molar-refractivity contribution is 5.77. The number of rotatable bonds is 6. The maximum Gasteiger partial charge on any atom is 0.312 e. The molecule has 0 aromatic heterocycles. The summed E-state index contributed by atoms with van der Waals surface area (Å²) in [5.74, 6) is -0.201. The number of hydrogen-bond acceptors (Lipinski definition) is 3. The van der Waals surface area contributed by atoms with Crippen LogP contribution in [0.15, 0.2) is 0 Å². The third kappa shape index (κ3) is 8.61. The molecule has 0 aliphatic carbocycles. The smallest absolute Gasteiger partial charge is 0.312 e. The Morgan fingerprint density at radius 1 is 1.31 bits per heavy atom. The van der Waals surface area contributed by atoms with Crippen LogP contribution in [0.2, 0.25) is 0 Å². The van der Waals surface area contributed by atoms with E-state index in [-0.39, 0.29) is 12.5 Å². The van der Waals surface area contributed by atoms with Crippen molar-refractivity contribution in [1.82, 2.24) is 10.6 Å². The first-order valence-corrected chi connectivity index (χ1v) is 4.04. The van der Waals surface area contributed by atoms with Crippen LogP contribution in [-0.4, -0.2) is 38.2 Å². The molecule has 0 heterocycles. The average molecular weight is 189 g/mol. The Kier molecular flexibility index (Phi) is 6.62. The van der Waals surface area contributed by atoms with Gasteiger partial charge in [0.05, 0.1) is 0 Å². The van der Waals surface area contributed by atoms with Crippen LogP contribution in [0.4, 0.5) is 4.79 Å². The molecule has 0 rings (SSSR count). The van der Waals surface area contributed by atoms with Gasteiger partial charge in [-0.05, 0) is 6.92 Å². The molecule has 0 unspecified atom stereocenters. The van der Waals surface area contributed by atoms with Gasteiger partial charge in [0.1, 0.15) is 6.61 Å². The molecule has 6 heteroatoms. The van der Waals surface area contributed by atoms with Crippen LogP contribution in [0.1, 0.15) is 6.92 Å². The minimum Gasteiger partial charge on any atom is -0.372 e. The molecule has 0 aliphatic rings. The van der Waals surface area contributed by atoms with E-state index in [0.29, 0.717) is 19.7 Å². The molecule has 0 fully saturated rings. The van der Waals surface area contributed by atoms with Gasteiger partial charge in [-0.2, -0.15) is 0 Å². The lowest BCUT2D eigenvalue weighted by Gasteiger charge is -2.04. The molecule has 76 valence electrons. The summed E-state index contributed by atoms with van der Waals surface area (Å²) in [6.45, 7) is 3.05. The predicted molar refractivity (Wildman–Crippen MR) is 47.1 cm³/mol. The van der Waals surface area contributed by atoms with Crippen molar-refractivity contribution in [3.8, 4) is 0 Å². The van der Waals surface area contributed by atoms with Gasteiger partial charge in [-0.25, -0.2) is 4.79 Å². The van der Waals surface area contributed by atoms with E-state index in [1.807, 2.05) is 6.92 Å². The van der Waals surface area contributed by atoms with E-state index in [9.17, 15) is 9.59 Å². The van der Waals surface area contributed by atoms with Crippen molar-refractivity contribution < 1.29 is 14.3 Å². The van der Waals surface area contributed by atoms with Crippen LogP contribution in [-0.2, 0) is 9.53 Å². The first-order valence-electron chi connectivity index (χ1n) is 4.04. The van der Waals surface area contributed by atoms with Crippen LogP contribution >= 0.6 is 0 Å². The monoisotopic (exact) mass is 189 g/mol. The second-order valence-electron chi connectivity index (χ2n) is 2.28. The van der Waals surface area contributed by atoms with Gasteiger partial charge in [0.2, 0.25) is 5.91 Å². The fourth-order valence-electron chi connectivity index (χ4n) is 0.633. The van der Waals surface area contributed by atoms with Gasteiger partial charge < -0.3 is 21.1 Å². The van der Waals surface area contributed by atoms with Gasteiger partial charge in [0.25, 0.3) is 0 Å². The third-order valence-corrected chi connectivity index (χ3v) is 1.18. The van der Waals surface area contributed by atoms with E-state index in [4.69, 9.17) is 10.5 Å². The van der Waals surface area contributed by atoms with Crippen molar-refractivity contribution in [3.05, 3.63) is 0 Å². The molecule has 3 amide bonds. The average Bonchev–Trinajstić information content (AvgIpc) is 2.08. The SMILES string of the molecule is CCOCC(=O)NCCNC(N)=O. The van der Waals surface area contributed by atoms with E-state index >= 15 is 0 Å². The highest BCUT2D eigenvalue weighted by Gasteiger charge is 1.98. The van der Waals surface area contributed by atoms with Gasteiger partial charge in [-0.1, -0.05) is 0 Å². The van der Waals surface area contributed by atoms with E-state index in [2.05, 4.69) is 10.6 Å². The molecule has 6 nitrogen and oxygen atoms in total. The Bertz CT molecular complexity index is 172. The van der Waals surface area contributed by atoms with Gasteiger partial charge in [0.15, 0.2) is 0 Å². The van der Waals surface area contributed by atoms with Crippen molar-refractivity contribution >= 4 is 11.9 Å². The predicted octanol–water partition coefficient (Wildman–Crippen LogP) is -1.19. The van der Waals surface area contributed by atoms with E-state index < -0.39 is 6.03 Å². The molecular weight excluding hydrogens is 174 g/mol. The van der Waals surface area contributed by atoms with Crippen molar-refractivity contribution in [2.75, 3.05) is 26.3 Å². The van der Waals surface area contributed by atoms with Crippen molar-refractivity contribution in [3.63, 3.8) is 0 Å². The largest absolute Gasteiger partial charge is 0.372 e. The molecule has 0 saturated heterocycles. The fourth-order valence-corrected chi connectivity index (χ4v) is 0.633. The van der Waals surface area contributed by atoms with Crippen LogP contribution in [0, 0.1) is 0 Å². The molecular formula is C7H15N3O3. The Balaban J connectivity index is 3.22. The number of urea groups is 1. The second kappa shape index (κ2) is 7.35. The molecule has 0 aromatic rings. The maximum absolute atomic E-state index is 10.9. The van der Waals surface area contributed by atoms with Gasteiger partial charge >= 0.3 is 6.03 Å². The number of ether oxygens (including phenoxy) is 1. The topological polar surface area (TPSA) is 93.4 Å². The second-order valence-corrected chi connectivity index (χ2v) is 2.28. The zero-order valence-corrected chi connectivity index (χ0v) is 7.63. The number of carbonyl (C=O) groups is 2. The minimum absolute atomic E-state index is 0.0487. The highest BCUT2D eigenvalue weighted by Crippen LogP contribution is 1.72. The van der Waals surface area contributed by atoms with Crippen molar-refractivity contribution in [1.29, 1.82) is 0 Å². The van der Waals surface area contributed by atoms with Gasteiger partial charge in [0, 0.05) is 19.7 Å². The summed E-state index contributed by atoms with van der Waals surface area (Å²) in [5.41, 5.74) is 4.80. The molecule has 4 N–H and O–H groups in total. The Morgan fingerprint density at radius 2 is 1.92 bits per heavy atom. The fraction of sp³-hybridized carbons (Fsp3) is 0.714. The van der Waals surface area contributed by atoms with E-state index in [1.165, 1.54) is 0 Å². The maximum atomic E-state index is 10.9. The summed E-state index contributed by atoms with van der Waals surface area (Å²) in [7, 11) is 0. The lowest BCUT2D eigenvalue weighted by atomic mass is 10.5. The van der Waals surface area contributed by atoms with Crippen LogP contribution in [0.5, 0.6) is 0 Å². The molecule has 0 bridgehead atoms. The van der Waals surface area contributed by atoms with E-state index in [0.717, 1.165) is 0 Å². The molecule has 0 radical (unpaired) electrons. The molecule has 13 heavy (non-hydrogen) atoms. The number of carbonyl (C=O) groups excluding carboxylic acids is 2. The number of nitrogens with two attached hydrogens (primary N) is 1. The summed E-state index contributed by atoms with van der Waals surface area (Å²) in [6, 6.07) is -0.598. The summed E-state index contributed by atoms with van der Waals surface area (Å²) in [4.78, 5) is 21.1.